The van der Waals surface area contributed by atoms with Gasteiger partial charge in [0, 0.05) is 22.6 Å². The van der Waals surface area contributed by atoms with E-state index < -0.39 is 10.8 Å². The molecule has 0 aliphatic heterocycles. The Morgan fingerprint density at radius 3 is 2.15 bits per heavy atom. The first-order chi connectivity index (χ1) is 9.47. The van der Waals surface area contributed by atoms with E-state index in [2.05, 4.69) is 64.2 Å². The van der Waals surface area contributed by atoms with E-state index in [4.69, 9.17) is 0 Å². The van der Waals surface area contributed by atoms with Crippen LogP contribution >= 0.6 is 0 Å². The van der Waals surface area contributed by atoms with Crippen LogP contribution in [0.2, 0.25) is 0 Å². The third-order valence-electron chi connectivity index (χ3n) is 3.37. The van der Waals surface area contributed by atoms with Gasteiger partial charge in [0.05, 0.1) is 5.25 Å². The maximum Gasteiger partial charge on any atom is 0.0565 e. The molecule has 0 spiro atoms. The number of hydrogen-bond donors (Lipinski definition) is 1. The summed E-state index contributed by atoms with van der Waals surface area (Å²) in [5.41, 5.74) is 1.24. The van der Waals surface area contributed by atoms with Crippen LogP contribution in [-0.4, -0.2) is 21.8 Å². The fourth-order valence-corrected chi connectivity index (χ4v) is 4.63. The molecule has 0 aliphatic carbocycles. The summed E-state index contributed by atoms with van der Waals surface area (Å²) in [6, 6.07) is 10.6. The largest absolute Gasteiger partial charge is 0.309 e. The fraction of sp³-hybridized carbons (Fsp3) is 0.647. The minimum atomic E-state index is -0.813. The predicted molar refractivity (Wildman–Crippen MR) is 89.3 cm³/mol. The Hall–Kier alpha value is -0.670. The Morgan fingerprint density at radius 2 is 1.70 bits per heavy atom. The van der Waals surface area contributed by atoms with E-state index in [0.29, 0.717) is 11.8 Å². The van der Waals surface area contributed by atoms with E-state index >= 15 is 0 Å². The molecule has 0 saturated carbocycles. The van der Waals surface area contributed by atoms with Gasteiger partial charge in [0.15, 0.2) is 0 Å². The van der Waals surface area contributed by atoms with Crippen molar-refractivity contribution in [3.8, 4) is 0 Å². The summed E-state index contributed by atoms with van der Waals surface area (Å²) in [6.07, 6.45) is 0. The average Bonchev–Trinajstić information content (AvgIpc) is 2.38. The molecular weight excluding hydrogens is 266 g/mol. The van der Waals surface area contributed by atoms with E-state index in [1.54, 1.807) is 0 Å². The summed E-state index contributed by atoms with van der Waals surface area (Å²) in [5, 5.41) is 3.69. The zero-order valence-corrected chi connectivity index (χ0v) is 14.2. The fourth-order valence-electron chi connectivity index (χ4n) is 2.58. The molecule has 0 fully saturated rings. The van der Waals surface area contributed by atoms with Gasteiger partial charge in [-0.3, -0.25) is 4.21 Å². The molecule has 3 atom stereocenters. The highest BCUT2D eigenvalue weighted by Gasteiger charge is 2.30. The molecule has 0 aromatic heterocycles. The molecule has 0 amide bonds. The topological polar surface area (TPSA) is 29.1 Å². The lowest BCUT2D eigenvalue weighted by atomic mass is 9.96. The number of benzene rings is 1. The van der Waals surface area contributed by atoms with E-state index in [9.17, 15) is 4.21 Å². The van der Waals surface area contributed by atoms with Crippen molar-refractivity contribution in [3.63, 3.8) is 0 Å². The normalized spacial score (nSPS) is 16.4. The van der Waals surface area contributed by atoms with Crippen molar-refractivity contribution in [1.29, 1.82) is 0 Å². The third-order valence-corrected chi connectivity index (χ3v) is 5.79. The summed E-state index contributed by atoms with van der Waals surface area (Å²) >= 11 is 0. The standard InChI is InChI=1S/C17H29NOS/c1-6-18-16(15-10-8-7-9-11-15)17(14(4)5)20(19)12-13(2)3/h7-11,13-14,16-18H,6,12H2,1-5H3. The van der Waals surface area contributed by atoms with Crippen LogP contribution in [0.4, 0.5) is 0 Å². The minimum Gasteiger partial charge on any atom is -0.309 e. The molecule has 20 heavy (non-hydrogen) atoms. The lowest BCUT2D eigenvalue weighted by molar-refractivity contribution is 0.441. The van der Waals surface area contributed by atoms with Crippen LogP contribution in [-0.2, 0) is 10.8 Å². The van der Waals surface area contributed by atoms with E-state index in [1.807, 2.05) is 6.07 Å². The molecule has 3 unspecified atom stereocenters. The highest BCUT2D eigenvalue weighted by molar-refractivity contribution is 7.85. The van der Waals surface area contributed by atoms with Crippen molar-refractivity contribution < 1.29 is 4.21 Å². The Morgan fingerprint density at radius 1 is 1.10 bits per heavy atom. The summed E-state index contributed by atoms with van der Waals surface area (Å²) < 4.78 is 12.8. The second-order valence-electron chi connectivity index (χ2n) is 6.10. The average molecular weight is 295 g/mol. The van der Waals surface area contributed by atoms with Gasteiger partial charge in [0.1, 0.15) is 0 Å². The monoisotopic (exact) mass is 295 g/mol. The molecule has 0 radical (unpaired) electrons. The maximum atomic E-state index is 12.8. The summed E-state index contributed by atoms with van der Waals surface area (Å²) in [5.74, 6) is 1.63. The van der Waals surface area contributed by atoms with Crippen LogP contribution in [0.1, 0.15) is 46.2 Å². The number of hydrogen-bond acceptors (Lipinski definition) is 2. The molecule has 0 aliphatic rings. The first-order valence-corrected chi connectivity index (χ1v) is 9.01. The Labute approximate surface area is 126 Å². The van der Waals surface area contributed by atoms with Gasteiger partial charge < -0.3 is 5.32 Å². The molecule has 0 saturated heterocycles. The molecule has 1 aromatic rings. The Balaban J connectivity index is 3.03. The van der Waals surface area contributed by atoms with E-state index in [1.165, 1.54) is 5.56 Å². The zero-order chi connectivity index (χ0) is 15.1. The predicted octanol–water partition coefficient (Wildman–Crippen LogP) is 3.77. The van der Waals surface area contributed by atoms with Gasteiger partial charge in [-0.2, -0.15) is 0 Å². The van der Waals surface area contributed by atoms with Crippen molar-refractivity contribution in [2.45, 2.75) is 45.9 Å². The van der Waals surface area contributed by atoms with Crippen LogP contribution in [0, 0.1) is 11.8 Å². The second kappa shape index (κ2) is 8.58. The highest BCUT2D eigenvalue weighted by Crippen LogP contribution is 2.27. The number of nitrogens with one attached hydrogen (secondary N) is 1. The summed E-state index contributed by atoms with van der Waals surface area (Å²) in [7, 11) is -0.813. The lowest BCUT2D eigenvalue weighted by Gasteiger charge is -2.31. The van der Waals surface area contributed by atoms with Crippen LogP contribution in [0.25, 0.3) is 0 Å². The van der Waals surface area contributed by atoms with Crippen LogP contribution < -0.4 is 5.32 Å². The van der Waals surface area contributed by atoms with Gasteiger partial charge in [-0.05, 0) is 23.9 Å². The Bertz CT molecular complexity index is 403. The van der Waals surface area contributed by atoms with Crippen LogP contribution in [0.3, 0.4) is 0 Å². The van der Waals surface area contributed by atoms with Gasteiger partial charge >= 0.3 is 0 Å². The molecule has 0 heterocycles. The number of rotatable bonds is 8. The second-order valence-corrected chi connectivity index (χ2v) is 7.74. The molecule has 1 rings (SSSR count). The SMILES string of the molecule is CCNC(c1ccccc1)C(C(C)C)S(=O)CC(C)C. The highest BCUT2D eigenvalue weighted by atomic mass is 32.2. The van der Waals surface area contributed by atoms with Gasteiger partial charge in [0.2, 0.25) is 0 Å². The minimum absolute atomic E-state index is 0.153. The molecule has 1 N–H and O–H groups in total. The molecule has 2 nitrogen and oxygen atoms in total. The van der Waals surface area contributed by atoms with Crippen molar-refractivity contribution in [2.24, 2.45) is 11.8 Å². The van der Waals surface area contributed by atoms with Gasteiger partial charge in [-0.25, -0.2) is 0 Å². The smallest absolute Gasteiger partial charge is 0.0565 e. The van der Waals surface area contributed by atoms with Crippen LogP contribution in [0.5, 0.6) is 0 Å². The molecular formula is C17H29NOS. The van der Waals surface area contributed by atoms with Gasteiger partial charge in [0.25, 0.3) is 0 Å². The van der Waals surface area contributed by atoms with Crippen molar-refractivity contribution in [3.05, 3.63) is 35.9 Å². The van der Waals surface area contributed by atoms with Gasteiger partial charge in [-0.15, -0.1) is 0 Å². The molecule has 1 aromatic carbocycles. The van der Waals surface area contributed by atoms with Crippen molar-refractivity contribution in [1.82, 2.24) is 5.32 Å². The van der Waals surface area contributed by atoms with Crippen LogP contribution in [0.15, 0.2) is 30.3 Å². The third kappa shape index (κ3) is 5.02. The quantitative estimate of drug-likeness (QED) is 0.791. The molecule has 0 bridgehead atoms. The molecule has 3 heteroatoms. The maximum absolute atomic E-state index is 12.8. The van der Waals surface area contributed by atoms with Crippen molar-refractivity contribution in [2.75, 3.05) is 12.3 Å². The first kappa shape index (κ1) is 17.4. The first-order valence-electron chi connectivity index (χ1n) is 7.62. The molecule has 114 valence electrons. The van der Waals surface area contributed by atoms with E-state index in [-0.39, 0.29) is 11.3 Å². The zero-order valence-electron chi connectivity index (χ0n) is 13.4. The van der Waals surface area contributed by atoms with Gasteiger partial charge in [-0.1, -0.05) is 65.0 Å². The summed E-state index contributed by atoms with van der Waals surface area (Å²) in [6.45, 7) is 11.6. The lowest BCUT2D eigenvalue weighted by Crippen LogP contribution is -2.39. The Kier molecular flexibility index (Phi) is 7.46. The summed E-state index contributed by atoms with van der Waals surface area (Å²) in [4.78, 5) is 0. The van der Waals surface area contributed by atoms with E-state index in [0.717, 1.165) is 12.3 Å². The van der Waals surface area contributed by atoms with Crippen molar-refractivity contribution >= 4 is 10.8 Å².